The number of hydrogen-bond acceptors (Lipinski definition) is 3. The Morgan fingerprint density at radius 3 is 2.79 bits per heavy atom. The SMILES string of the molecule is CC(C)N(CC1CCCNC1)S(=O)(=O)c1cc[nH]c1. The molecule has 1 aromatic rings. The largest absolute Gasteiger partial charge is 0.366 e. The summed E-state index contributed by atoms with van der Waals surface area (Å²) in [6.07, 6.45) is 5.41. The molecule has 1 atom stereocenters. The molecule has 19 heavy (non-hydrogen) atoms. The number of aromatic amines is 1. The van der Waals surface area contributed by atoms with Crippen LogP contribution in [0, 0.1) is 5.92 Å². The van der Waals surface area contributed by atoms with Gasteiger partial charge in [0.1, 0.15) is 0 Å². The third-order valence-corrected chi connectivity index (χ3v) is 5.63. The first-order chi connectivity index (χ1) is 9.01. The molecular formula is C13H23N3O2S. The molecule has 2 N–H and O–H groups in total. The number of H-pyrrole nitrogens is 1. The molecule has 1 fully saturated rings. The Morgan fingerprint density at radius 2 is 2.26 bits per heavy atom. The van der Waals surface area contributed by atoms with Crippen LogP contribution >= 0.6 is 0 Å². The molecule has 5 nitrogen and oxygen atoms in total. The number of nitrogens with zero attached hydrogens (tertiary/aromatic N) is 1. The van der Waals surface area contributed by atoms with Gasteiger partial charge in [-0.25, -0.2) is 8.42 Å². The summed E-state index contributed by atoms with van der Waals surface area (Å²) in [5, 5.41) is 3.34. The highest BCUT2D eigenvalue weighted by Crippen LogP contribution is 2.21. The molecular weight excluding hydrogens is 262 g/mol. The van der Waals surface area contributed by atoms with E-state index in [1.54, 1.807) is 22.8 Å². The predicted octanol–water partition coefficient (Wildman–Crippen LogP) is 1.41. The number of piperidine rings is 1. The average molecular weight is 285 g/mol. The fraction of sp³-hybridized carbons (Fsp3) is 0.692. The molecule has 2 rings (SSSR count). The Morgan fingerprint density at radius 1 is 1.47 bits per heavy atom. The second-order valence-corrected chi connectivity index (χ2v) is 7.32. The van der Waals surface area contributed by atoms with Gasteiger partial charge in [0.15, 0.2) is 0 Å². The van der Waals surface area contributed by atoms with Crippen LogP contribution in [-0.2, 0) is 10.0 Å². The van der Waals surface area contributed by atoms with Crippen molar-refractivity contribution in [3.05, 3.63) is 18.5 Å². The highest BCUT2D eigenvalue weighted by molar-refractivity contribution is 7.89. The van der Waals surface area contributed by atoms with Crippen molar-refractivity contribution in [2.24, 2.45) is 5.92 Å². The first kappa shape index (κ1) is 14.6. The molecule has 6 heteroatoms. The van der Waals surface area contributed by atoms with Crippen LogP contribution in [0.5, 0.6) is 0 Å². The summed E-state index contributed by atoms with van der Waals surface area (Å²) in [6, 6.07) is 1.59. The number of hydrogen-bond donors (Lipinski definition) is 2. The summed E-state index contributed by atoms with van der Waals surface area (Å²) in [7, 11) is -3.38. The summed E-state index contributed by atoms with van der Waals surface area (Å²) in [5.74, 6) is 0.407. The van der Waals surface area contributed by atoms with Crippen LogP contribution in [0.1, 0.15) is 26.7 Å². The molecule has 2 heterocycles. The van der Waals surface area contributed by atoms with Crippen molar-refractivity contribution >= 4 is 10.0 Å². The normalized spacial score (nSPS) is 21.2. The first-order valence-corrected chi connectivity index (χ1v) is 8.31. The maximum Gasteiger partial charge on any atom is 0.244 e. The minimum atomic E-state index is -3.38. The summed E-state index contributed by atoms with van der Waals surface area (Å²) >= 11 is 0. The summed E-state index contributed by atoms with van der Waals surface area (Å²) in [6.45, 7) is 6.41. The van der Waals surface area contributed by atoms with Crippen molar-refractivity contribution in [2.45, 2.75) is 37.6 Å². The lowest BCUT2D eigenvalue weighted by molar-refractivity contribution is 0.264. The predicted molar refractivity (Wildman–Crippen MR) is 75.4 cm³/mol. The second-order valence-electron chi connectivity index (χ2n) is 5.43. The quantitative estimate of drug-likeness (QED) is 0.860. The summed E-state index contributed by atoms with van der Waals surface area (Å²) < 4.78 is 26.8. The molecule has 0 aromatic carbocycles. The first-order valence-electron chi connectivity index (χ1n) is 6.87. The van der Waals surface area contributed by atoms with Crippen molar-refractivity contribution in [1.29, 1.82) is 0 Å². The second kappa shape index (κ2) is 6.07. The lowest BCUT2D eigenvalue weighted by Crippen LogP contribution is -2.44. The van der Waals surface area contributed by atoms with Gasteiger partial charge in [0, 0.05) is 25.0 Å². The molecule has 1 aromatic heterocycles. The van der Waals surface area contributed by atoms with E-state index in [9.17, 15) is 8.42 Å². The van der Waals surface area contributed by atoms with Crippen LogP contribution in [0.25, 0.3) is 0 Å². The Kier molecular flexibility index (Phi) is 4.65. The topological polar surface area (TPSA) is 65.2 Å². The Labute approximate surface area is 115 Å². The van der Waals surface area contributed by atoms with Crippen molar-refractivity contribution in [1.82, 2.24) is 14.6 Å². The van der Waals surface area contributed by atoms with Gasteiger partial charge in [-0.05, 0) is 51.8 Å². The zero-order valence-corrected chi connectivity index (χ0v) is 12.4. The van der Waals surface area contributed by atoms with Crippen LogP contribution in [0.2, 0.25) is 0 Å². The zero-order chi connectivity index (χ0) is 13.9. The molecule has 0 aliphatic carbocycles. The highest BCUT2D eigenvalue weighted by Gasteiger charge is 2.30. The third kappa shape index (κ3) is 3.38. The van der Waals surface area contributed by atoms with Crippen LogP contribution < -0.4 is 5.32 Å². The van der Waals surface area contributed by atoms with Gasteiger partial charge in [0.05, 0.1) is 4.90 Å². The van der Waals surface area contributed by atoms with E-state index in [0.717, 1.165) is 25.9 Å². The zero-order valence-electron chi connectivity index (χ0n) is 11.6. The van der Waals surface area contributed by atoms with Crippen molar-refractivity contribution in [2.75, 3.05) is 19.6 Å². The van der Waals surface area contributed by atoms with Crippen molar-refractivity contribution in [3.63, 3.8) is 0 Å². The molecule has 0 amide bonds. The third-order valence-electron chi connectivity index (χ3n) is 3.59. The van der Waals surface area contributed by atoms with Gasteiger partial charge in [0.2, 0.25) is 10.0 Å². The molecule has 1 aliphatic rings. The van der Waals surface area contributed by atoms with E-state index < -0.39 is 10.0 Å². The van der Waals surface area contributed by atoms with Gasteiger partial charge >= 0.3 is 0 Å². The van der Waals surface area contributed by atoms with Gasteiger partial charge in [-0.3, -0.25) is 0 Å². The molecule has 108 valence electrons. The molecule has 0 spiro atoms. The molecule has 1 aliphatic heterocycles. The van der Waals surface area contributed by atoms with Gasteiger partial charge in [-0.15, -0.1) is 0 Å². The van der Waals surface area contributed by atoms with Crippen LogP contribution in [0.3, 0.4) is 0 Å². The van der Waals surface area contributed by atoms with E-state index in [1.165, 1.54) is 0 Å². The lowest BCUT2D eigenvalue weighted by atomic mass is 9.99. The molecule has 1 saturated heterocycles. The maximum absolute atomic E-state index is 12.6. The Hall–Kier alpha value is -0.850. The number of rotatable bonds is 5. The van der Waals surface area contributed by atoms with E-state index >= 15 is 0 Å². The van der Waals surface area contributed by atoms with Crippen molar-refractivity contribution in [3.8, 4) is 0 Å². The van der Waals surface area contributed by atoms with E-state index in [4.69, 9.17) is 0 Å². The lowest BCUT2D eigenvalue weighted by Gasteiger charge is -2.31. The molecule has 0 radical (unpaired) electrons. The smallest absolute Gasteiger partial charge is 0.244 e. The number of aromatic nitrogens is 1. The summed E-state index contributed by atoms with van der Waals surface area (Å²) in [5.41, 5.74) is 0. The minimum Gasteiger partial charge on any atom is -0.366 e. The molecule has 1 unspecified atom stereocenters. The highest BCUT2D eigenvalue weighted by atomic mass is 32.2. The van der Waals surface area contributed by atoms with Gasteiger partial charge in [-0.1, -0.05) is 0 Å². The maximum atomic E-state index is 12.6. The Bertz CT molecular complexity index is 476. The monoisotopic (exact) mass is 285 g/mol. The van der Waals surface area contributed by atoms with Crippen LogP contribution in [-0.4, -0.2) is 43.4 Å². The summed E-state index contributed by atoms with van der Waals surface area (Å²) in [4.78, 5) is 3.17. The van der Waals surface area contributed by atoms with Gasteiger partial charge in [-0.2, -0.15) is 4.31 Å². The fourth-order valence-corrected chi connectivity index (χ4v) is 4.22. The number of nitrogens with one attached hydrogen (secondary N) is 2. The Balaban J connectivity index is 2.15. The molecule has 0 saturated carbocycles. The van der Waals surface area contributed by atoms with E-state index in [1.807, 2.05) is 13.8 Å². The van der Waals surface area contributed by atoms with E-state index in [-0.39, 0.29) is 6.04 Å². The van der Waals surface area contributed by atoms with Crippen LogP contribution in [0.4, 0.5) is 0 Å². The van der Waals surface area contributed by atoms with E-state index in [2.05, 4.69) is 10.3 Å². The standard InChI is InChI=1S/C13H23N3O2S/c1-11(2)16(10-12-4-3-6-14-8-12)19(17,18)13-5-7-15-9-13/h5,7,9,11-12,14-15H,3-4,6,8,10H2,1-2H3. The van der Waals surface area contributed by atoms with Gasteiger partial charge in [0.25, 0.3) is 0 Å². The fourth-order valence-electron chi connectivity index (χ4n) is 2.53. The van der Waals surface area contributed by atoms with E-state index in [0.29, 0.717) is 17.4 Å². The minimum absolute atomic E-state index is 0.0261. The van der Waals surface area contributed by atoms with Gasteiger partial charge < -0.3 is 10.3 Å². The molecule has 0 bridgehead atoms. The number of sulfonamides is 1. The van der Waals surface area contributed by atoms with Crippen molar-refractivity contribution < 1.29 is 8.42 Å². The average Bonchev–Trinajstić information content (AvgIpc) is 2.91. The van der Waals surface area contributed by atoms with Crippen LogP contribution in [0.15, 0.2) is 23.4 Å².